The molecule has 2 heteroatoms. The third-order valence-corrected chi connectivity index (χ3v) is 5.37. The van der Waals surface area contributed by atoms with Gasteiger partial charge in [0.25, 0.3) is 0 Å². The molecular formula is C16H23ClO. The van der Waals surface area contributed by atoms with Gasteiger partial charge in [-0.15, -0.1) is 11.6 Å². The van der Waals surface area contributed by atoms with Crippen molar-refractivity contribution in [3.05, 3.63) is 29.3 Å². The van der Waals surface area contributed by atoms with Crippen molar-refractivity contribution in [2.24, 2.45) is 5.41 Å². The molecule has 0 aromatic heterocycles. The van der Waals surface area contributed by atoms with E-state index in [1.807, 2.05) is 0 Å². The third kappa shape index (κ3) is 2.14. The smallest absolute Gasteiger partial charge is 0.120 e. The number of ether oxygens (including phenoxy) is 1. The van der Waals surface area contributed by atoms with Crippen molar-refractivity contribution < 1.29 is 4.74 Å². The average Bonchev–Trinajstić information content (AvgIpc) is 2.35. The van der Waals surface area contributed by atoms with Gasteiger partial charge in [-0.05, 0) is 49.9 Å². The first-order chi connectivity index (χ1) is 8.53. The van der Waals surface area contributed by atoms with Gasteiger partial charge in [-0.1, -0.05) is 19.9 Å². The van der Waals surface area contributed by atoms with Gasteiger partial charge in [0.15, 0.2) is 0 Å². The molecule has 1 aromatic carbocycles. The summed E-state index contributed by atoms with van der Waals surface area (Å²) >= 11 is 6.41. The summed E-state index contributed by atoms with van der Waals surface area (Å²) in [6.07, 6.45) is 3.42. The van der Waals surface area contributed by atoms with Crippen molar-refractivity contribution in [1.29, 1.82) is 0 Å². The minimum Gasteiger partial charge on any atom is -0.490 e. The van der Waals surface area contributed by atoms with Crippen LogP contribution < -0.4 is 4.74 Å². The van der Waals surface area contributed by atoms with E-state index in [1.165, 1.54) is 11.1 Å². The standard InChI is InChI=1S/C16H23ClO/c1-5-16(6-2)14(17)10-15(16)18-13-8-7-11(3)12(4)9-13/h7-9,14-15H,5-6,10H2,1-4H3. The Balaban J connectivity index is 2.12. The van der Waals surface area contributed by atoms with Crippen LogP contribution in [0.25, 0.3) is 0 Å². The summed E-state index contributed by atoms with van der Waals surface area (Å²) in [6, 6.07) is 6.33. The molecule has 1 aromatic rings. The molecule has 0 aliphatic heterocycles. The first kappa shape index (κ1) is 13.7. The van der Waals surface area contributed by atoms with Gasteiger partial charge in [-0.25, -0.2) is 0 Å². The van der Waals surface area contributed by atoms with Crippen LogP contribution in [0.3, 0.4) is 0 Å². The average molecular weight is 267 g/mol. The minimum absolute atomic E-state index is 0.167. The topological polar surface area (TPSA) is 9.23 Å². The molecule has 1 nitrogen and oxygen atoms in total. The van der Waals surface area contributed by atoms with E-state index >= 15 is 0 Å². The molecule has 0 saturated heterocycles. The lowest BCUT2D eigenvalue weighted by Gasteiger charge is -2.52. The molecule has 0 radical (unpaired) electrons. The van der Waals surface area contributed by atoms with E-state index < -0.39 is 0 Å². The van der Waals surface area contributed by atoms with Crippen LogP contribution in [0.1, 0.15) is 44.2 Å². The molecule has 1 aliphatic rings. The largest absolute Gasteiger partial charge is 0.490 e. The fraction of sp³-hybridized carbons (Fsp3) is 0.625. The predicted molar refractivity (Wildman–Crippen MR) is 77.6 cm³/mol. The minimum atomic E-state index is 0.167. The monoisotopic (exact) mass is 266 g/mol. The van der Waals surface area contributed by atoms with E-state index in [-0.39, 0.29) is 16.9 Å². The fourth-order valence-corrected chi connectivity index (χ4v) is 3.57. The highest BCUT2D eigenvalue weighted by molar-refractivity contribution is 6.21. The molecule has 2 atom stereocenters. The van der Waals surface area contributed by atoms with E-state index in [0.717, 1.165) is 25.0 Å². The van der Waals surface area contributed by atoms with Crippen LogP contribution in [-0.2, 0) is 0 Å². The Bertz CT molecular complexity index is 423. The van der Waals surface area contributed by atoms with Crippen LogP contribution >= 0.6 is 11.6 Å². The molecule has 1 aliphatic carbocycles. The lowest BCUT2D eigenvalue weighted by molar-refractivity contribution is -0.0462. The molecule has 18 heavy (non-hydrogen) atoms. The van der Waals surface area contributed by atoms with Crippen LogP contribution in [-0.4, -0.2) is 11.5 Å². The zero-order valence-electron chi connectivity index (χ0n) is 11.8. The van der Waals surface area contributed by atoms with E-state index in [2.05, 4.69) is 45.9 Å². The molecule has 2 unspecified atom stereocenters. The summed E-state index contributed by atoms with van der Waals surface area (Å²) in [7, 11) is 0. The first-order valence-electron chi connectivity index (χ1n) is 6.91. The predicted octanol–water partition coefficient (Wildman–Crippen LogP) is 4.87. The van der Waals surface area contributed by atoms with E-state index in [0.29, 0.717) is 0 Å². The molecule has 0 spiro atoms. The summed E-state index contributed by atoms with van der Waals surface area (Å²) < 4.78 is 6.17. The number of rotatable bonds is 4. The zero-order valence-corrected chi connectivity index (χ0v) is 12.6. The first-order valence-corrected chi connectivity index (χ1v) is 7.35. The van der Waals surface area contributed by atoms with Gasteiger partial charge < -0.3 is 4.74 Å². The van der Waals surface area contributed by atoms with Gasteiger partial charge in [-0.3, -0.25) is 0 Å². The normalized spacial score (nSPS) is 25.6. The Morgan fingerprint density at radius 3 is 2.39 bits per heavy atom. The summed E-state index contributed by atoms with van der Waals surface area (Å²) in [6.45, 7) is 8.68. The molecule has 100 valence electrons. The van der Waals surface area contributed by atoms with Gasteiger partial charge in [-0.2, -0.15) is 0 Å². The highest BCUT2D eigenvalue weighted by atomic mass is 35.5. The lowest BCUT2D eigenvalue weighted by Crippen LogP contribution is -2.56. The number of hydrogen-bond donors (Lipinski definition) is 0. The Morgan fingerprint density at radius 2 is 1.89 bits per heavy atom. The van der Waals surface area contributed by atoms with E-state index in [4.69, 9.17) is 16.3 Å². The second-order valence-electron chi connectivity index (χ2n) is 5.50. The summed E-state index contributed by atoms with van der Waals surface area (Å²) in [4.78, 5) is 0. The number of hydrogen-bond acceptors (Lipinski definition) is 1. The van der Waals surface area contributed by atoms with Gasteiger partial charge >= 0.3 is 0 Å². The number of aryl methyl sites for hydroxylation is 2. The van der Waals surface area contributed by atoms with Gasteiger partial charge in [0, 0.05) is 17.2 Å². The van der Waals surface area contributed by atoms with Crippen molar-refractivity contribution in [2.45, 2.75) is 58.4 Å². The Kier molecular flexibility index (Phi) is 3.91. The van der Waals surface area contributed by atoms with Crippen molar-refractivity contribution >= 4 is 11.6 Å². The van der Waals surface area contributed by atoms with Crippen molar-refractivity contribution in [2.75, 3.05) is 0 Å². The van der Waals surface area contributed by atoms with E-state index in [1.54, 1.807) is 0 Å². The Morgan fingerprint density at radius 1 is 1.22 bits per heavy atom. The van der Waals surface area contributed by atoms with Crippen molar-refractivity contribution in [3.63, 3.8) is 0 Å². The van der Waals surface area contributed by atoms with Crippen LogP contribution in [0.4, 0.5) is 0 Å². The van der Waals surface area contributed by atoms with Gasteiger partial charge in [0.05, 0.1) is 0 Å². The zero-order chi connectivity index (χ0) is 13.3. The molecular weight excluding hydrogens is 244 g/mol. The van der Waals surface area contributed by atoms with Crippen LogP contribution in [0.2, 0.25) is 0 Å². The van der Waals surface area contributed by atoms with Gasteiger partial charge in [0.2, 0.25) is 0 Å². The second kappa shape index (κ2) is 5.13. The quantitative estimate of drug-likeness (QED) is 0.707. The molecule has 0 bridgehead atoms. The van der Waals surface area contributed by atoms with E-state index in [9.17, 15) is 0 Å². The molecule has 0 amide bonds. The highest BCUT2D eigenvalue weighted by Gasteiger charge is 2.53. The maximum absolute atomic E-state index is 6.41. The second-order valence-corrected chi connectivity index (χ2v) is 6.02. The van der Waals surface area contributed by atoms with Crippen LogP contribution in [0, 0.1) is 19.3 Å². The van der Waals surface area contributed by atoms with Crippen LogP contribution in [0.5, 0.6) is 5.75 Å². The SMILES string of the molecule is CCC1(CC)C(Cl)CC1Oc1ccc(C)c(C)c1. The highest BCUT2D eigenvalue weighted by Crippen LogP contribution is 2.51. The van der Waals surface area contributed by atoms with Crippen molar-refractivity contribution in [3.8, 4) is 5.75 Å². The Hall–Kier alpha value is -0.690. The summed E-state index contributed by atoms with van der Waals surface area (Å²) in [5.74, 6) is 0.984. The third-order valence-electron chi connectivity index (χ3n) is 4.76. The molecule has 2 rings (SSSR count). The van der Waals surface area contributed by atoms with Crippen LogP contribution in [0.15, 0.2) is 18.2 Å². The number of halogens is 1. The lowest BCUT2D eigenvalue weighted by atomic mass is 9.62. The fourth-order valence-electron chi connectivity index (χ4n) is 2.96. The number of alkyl halides is 1. The summed E-state index contributed by atoms with van der Waals surface area (Å²) in [5, 5.41) is 0.268. The Labute approximate surface area is 115 Å². The molecule has 1 saturated carbocycles. The molecule has 0 heterocycles. The maximum Gasteiger partial charge on any atom is 0.120 e. The van der Waals surface area contributed by atoms with Gasteiger partial charge in [0.1, 0.15) is 11.9 Å². The molecule has 1 fully saturated rings. The maximum atomic E-state index is 6.41. The number of benzene rings is 1. The molecule has 0 N–H and O–H groups in total. The summed E-state index contributed by atoms with van der Waals surface area (Å²) in [5.41, 5.74) is 2.76. The van der Waals surface area contributed by atoms with Crippen molar-refractivity contribution in [1.82, 2.24) is 0 Å².